The summed E-state index contributed by atoms with van der Waals surface area (Å²) >= 11 is 0. The van der Waals surface area contributed by atoms with Crippen molar-refractivity contribution in [1.29, 1.82) is 0 Å². The Labute approximate surface area is 89.8 Å². The van der Waals surface area contributed by atoms with Gasteiger partial charge in [0.05, 0.1) is 14.1 Å². The van der Waals surface area contributed by atoms with Crippen molar-refractivity contribution in [3.8, 4) is 0 Å². The fourth-order valence-corrected chi connectivity index (χ4v) is 1.46. The van der Waals surface area contributed by atoms with E-state index in [1.54, 1.807) is 6.92 Å². The van der Waals surface area contributed by atoms with Gasteiger partial charge in [-0.15, -0.1) is 6.58 Å². The summed E-state index contributed by atoms with van der Waals surface area (Å²) in [6.45, 7) is 5.03. The lowest BCUT2D eigenvalue weighted by Gasteiger charge is -2.44. The first-order valence-electron chi connectivity index (χ1n) is 4.82. The second kappa shape index (κ2) is 4.74. The molecule has 15 heavy (non-hydrogen) atoms. The Morgan fingerprint density at radius 1 is 1.60 bits per heavy atom. The lowest BCUT2D eigenvalue weighted by atomic mass is 10.1. The van der Waals surface area contributed by atoms with Crippen molar-refractivity contribution in [2.45, 2.75) is 31.7 Å². The SMILES string of the molecule is C=CCC(O)[N+](C)(C)C(O)(CC)C(=O)O. The first-order valence-corrected chi connectivity index (χ1v) is 4.82. The minimum Gasteiger partial charge on any atom is -0.475 e. The summed E-state index contributed by atoms with van der Waals surface area (Å²) in [6, 6.07) is 0. The van der Waals surface area contributed by atoms with Gasteiger partial charge in [-0.3, -0.25) is 4.48 Å². The number of hydrogen-bond acceptors (Lipinski definition) is 3. The number of aliphatic hydroxyl groups is 2. The van der Waals surface area contributed by atoms with Gasteiger partial charge in [0.1, 0.15) is 0 Å². The van der Waals surface area contributed by atoms with Crippen LogP contribution in [0.3, 0.4) is 0 Å². The van der Waals surface area contributed by atoms with Gasteiger partial charge in [-0.1, -0.05) is 13.0 Å². The van der Waals surface area contributed by atoms with E-state index in [0.29, 0.717) is 0 Å². The molecule has 0 saturated heterocycles. The third-order valence-corrected chi connectivity index (χ3v) is 2.91. The molecule has 0 saturated carbocycles. The second-order valence-corrected chi connectivity index (χ2v) is 4.02. The third kappa shape index (κ3) is 2.37. The second-order valence-electron chi connectivity index (χ2n) is 4.02. The molecule has 0 aromatic rings. The topological polar surface area (TPSA) is 77.8 Å². The van der Waals surface area contributed by atoms with Crippen LogP contribution >= 0.6 is 0 Å². The maximum Gasteiger partial charge on any atom is 0.395 e. The molecule has 0 heterocycles. The number of nitrogens with zero attached hydrogens (tertiary/aromatic N) is 1. The Morgan fingerprint density at radius 3 is 2.33 bits per heavy atom. The summed E-state index contributed by atoms with van der Waals surface area (Å²) in [6.07, 6.45) is 0.734. The van der Waals surface area contributed by atoms with Gasteiger partial charge in [0.2, 0.25) is 0 Å². The maximum atomic E-state index is 11.0. The van der Waals surface area contributed by atoms with E-state index in [0.717, 1.165) is 0 Å². The zero-order valence-electron chi connectivity index (χ0n) is 9.47. The number of rotatable bonds is 6. The van der Waals surface area contributed by atoms with Crippen molar-refractivity contribution < 1.29 is 24.6 Å². The quantitative estimate of drug-likeness (QED) is 0.337. The predicted octanol–water partition coefficient (Wildman–Crippen LogP) is 0.141. The van der Waals surface area contributed by atoms with Crippen LogP contribution in [0.15, 0.2) is 12.7 Å². The van der Waals surface area contributed by atoms with E-state index in [2.05, 4.69) is 6.58 Å². The molecule has 0 aliphatic heterocycles. The summed E-state index contributed by atoms with van der Waals surface area (Å²) in [4.78, 5) is 11.0. The molecule has 0 aliphatic rings. The highest BCUT2D eigenvalue weighted by Crippen LogP contribution is 2.26. The predicted molar refractivity (Wildman–Crippen MR) is 55.8 cm³/mol. The normalized spacial score (nSPS) is 17.9. The van der Waals surface area contributed by atoms with E-state index in [-0.39, 0.29) is 12.8 Å². The zero-order valence-corrected chi connectivity index (χ0v) is 9.47. The fraction of sp³-hybridized carbons (Fsp3) is 0.700. The molecule has 2 atom stereocenters. The number of hydrogen-bond donors (Lipinski definition) is 3. The Hall–Kier alpha value is -0.910. The van der Waals surface area contributed by atoms with Crippen LogP contribution in [-0.2, 0) is 4.79 Å². The van der Waals surface area contributed by atoms with Gasteiger partial charge in [-0.2, -0.15) is 0 Å². The van der Waals surface area contributed by atoms with E-state index in [1.807, 2.05) is 0 Å². The Balaban J connectivity index is 5.11. The van der Waals surface area contributed by atoms with Crippen molar-refractivity contribution in [2.24, 2.45) is 0 Å². The molecule has 5 nitrogen and oxygen atoms in total. The minimum atomic E-state index is -1.98. The first-order chi connectivity index (χ1) is 6.74. The van der Waals surface area contributed by atoms with Gasteiger partial charge in [0.15, 0.2) is 6.23 Å². The van der Waals surface area contributed by atoms with Gasteiger partial charge in [-0.05, 0) is 0 Å². The first kappa shape index (κ1) is 14.1. The Bertz CT molecular complexity index is 252. The average Bonchev–Trinajstić information content (AvgIpc) is 2.16. The molecule has 0 radical (unpaired) electrons. The van der Waals surface area contributed by atoms with Crippen LogP contribution in [0.4, 0.5) is 0 Å². The van der Waals surface area contributed by atoms with E-state index in [1.165, 1.54) is 20.2 Å². The van der Waals surface area contributed by atoms with E-state index < -0.39 is 22.4 Å². The summed E-state index contributed by atoms with van der Waals surface area (Å²) in [5.41, 5.74) is -1.98. The van der Waals surface area contributed by atoms with E-state index in [4.69, 9.17) is 5.11 Å². The molecule has 5 heteroatoms. The molecule has 0 amide bonds. The maximum absolute atomic E-state index is 11.0. The molecule has 0 fully saturated rings. The van der Waals surface area contributed by atoms with Crippen LogP contribution in [0, 0.1) is 0 Å². The fourth-order valence-electron chi connectivity index (χ4n) is 1.46. The van der Waals surface area contributed by atoms with Crippen molar-refractivity contribution in [2.75, 3.05) is 14.1 Å². The van der Waals surface area contributed by atoms with Crippen molar-refractivity contribution in [3.05, 3.63) is 12.7 Å². The van der Waals surface area contributed by atoms with Gasteiger partial charge in [0, 0.05) is 12.8 Å². The smallest absolute Gasteiger partial charge is 0.395 e. The standard InChI is InChI=1S/C10H19NO4/c1-5-7-8(12)11(3,4)10(15,6-2)9(13)14/h5,8,12,15H,1,6-7H2,2-4H3/p+1. The van der Waals surface area contributed by atoms with Gasteiger partial charge in [-0.25, -0.2) is 4.79 Å². The molecule has 0 spiro atoms. The van der Waals surface area contributed by atoms with Crippen LogP contribution < -0.4 is 0 Å². The molecule has 0 rings (SSSR count). The lowest BCUT2D eigenvalue weighted by molar-refractivity contribution is -0.995. The molecule has 0 aliphatic carbocycles. The van der Waals surface area contributed by atoms with E-state index >= 15 is 0 Å². The Kier molecular flexibility index (Phi) is 4.45. The van der Waals surface area contributed by atoms with Crippen LogP contribution in [0.1, 0.15) is 19.8 Å². The number of quaternary nitrogens is 1. The third-order valence-electron chi connectivity index (χ3n) is 2.91. The number of likely N-dealkylation sites (N-methyl/N-ethyl adjacent to an activating group) is 1. The van der Waals surface area contributed by atoms with Gasteiger partial charge in [0.25, 0.3) is 0 Å². The summed E-state index contributed by atoms with van der Waals surface area (Å²) in [5, 5.41) is 28.8. The highest BCUT2D eigenvalue weighted by Gasteiger charge is 2.53. The van der Waals surface area contributed by atoms with Crippen molar-refractivity contribution in [1.82, 2.24) is 0 Å². The van der Waals surface area contributed by atoms with Crippen molar-refractivity contribution in [3.63, 3.8) is 0 Å². The number of carboxylic acids is 1. The largest absolute Gasteiger partial charge is 0.475 e. The molecule has 0 bridgehead atoms. The molecular formula is C10H20NO4+. The van der Waals surface area contributed by atoms with Crippen LogP contribution in [0.5, 0.6) is 0 Å². The molecule has 3 N–H and O–H groups in total. The molecule has 0 aromatic carbocycles. The van der Waals surface area contributed by atoms with E-state index in [9.17, 15) is 15.0 Å². The molecule has 2 unspecified atom stereocenters. The highest BCUT2D eigenvalue weighted by molar-refractivity contribution is 5.75. The summed E-state index contributed by atoms with van der Waals surface area (Å²) in [7, 11) is 2.96. The number of aliphatic hydroxyl groups excluding tert-OH is 1. The number of carboxylic acid groups (broad SMARTS) is 1. The lowest BCUT2D eigenvalue weighted by Crippen LogP contribution is -2.68. The minimum absolute atomic E-state index is 0.0174. The van der Waals surface area contributed by atoms with Crippen LogP contribution in [-0.4, -0.2) is 51.8 Å². The summed E-state index contributed by atoms with van der Waals surface area (Å²) < 4.78 is -0.412. The Morgan fingerprint density at radius 2 is 2.07 bits per heavy atom. The molecular weight excluding hydrogens is 198 g/mol. The van der Waals surface area contributed by atoms with Crippen molar-refractivity contribution >= 4 is 5.97 Å². The number of aliphatic carboxylic acids is 1. The highest BCUT2D eigenvalue weighted by atomic mass is 16.4. The molecule has 88 valence electrons. The van der Waals surface area contributed by atoms with Crippen LogP contribution in [0.2, 0.25) is 0 Å². The molecule has 0 aromatic heterocycles. The monoisotopic (exact) mass is 218 g/mol. The van der Waals surface area contributed by atoms with Gasteiger partial charge < -0.3 is 15.3 Å². The number of carbonyl (C=O) groups is 1. The van der Waals surface area contributed by atoms with Gasteiger partial charge >= 0.3 is 11.7 Å². The zero-order chi connectivity index (χ0) is 12.3. The summed E-state index contributed by atoms with van der Waals surface area (Å²) in [5.74, 6) is -1.34. The van der Waals surface area contributed by atoms with Crippen LogP contribution in [0.25, 0.3) is 0 Å². The average molecular weight is 218 g/mol.